The molecule has 4 atom stereocenters. The molecule has 20 heavy (non-hydrogen) atoms. The molecule has 0 aromatic rings. The van der Waals surface area contributed by atoms with Crippen molar-refractivity contribution in [2.75, 3.05) is 0 Å². The first kappa shape index (κ1) is 15.8. The highest BCUT2D eigenvalue weighted by molar-refractivity contribution is 5.67. The molecule has 0 amide bonds. The van der Waals surface area contributed by atoms with E-state index in [1.807, 2.05) is 0 Å². The van der Waals surface area contributed by atoms with Crippen LogP contribution in [0.3, 0.4) is 0 Å². The zero-order valence-corrected chi connectivity index (χ0v) is 13.1. The lowest BCUT2D eigenvalue weighted by Crippen LogP contribution is -2.43. The van der Waals surface area contributed by atoms with Crippen LogP contribution in [0, 0.1) is 23.2 Å². The van der Waals surface area contributed by atoms with Crippen molar-refractivity contribution >= 4 is 6.21 Å². The second kappa shape index (κ2) is 6.93. The molecule has 0 heterocycles. The van der Waals surface area contributed by atoms with Crippen LogP contribution in [0.5, 0.6) is 0 Å². The van der Waals surface area contributed by atoms with Gasteiger partial charge in [0.1, 0.15) is 0 Å². The number of unbranched alkanes of at least 4 members (excludes halogenated alkanes) is 1. The summed E-state index contributed by atoms with van der Waals surface area (Å²) in [5.41, 5.74) is -0.0236. The number of aliphatic hydroxyl groups is 1. The molecule has 2 aliphatic rings. The second-order valence-electron chi connectivity index (χ2n) is 7.38. The molecule has 0 bridgehead atoms. The molecule has 0 aliphatic heterocycles. The number of aliphatic hydroxyl groups excluding tert-OH is 1. The summed E-state index contributed by atoms with van der Waals surface area (Å²) < 4.78 is 0. The van der Waals surface area contributed by atoms with Gasteiger partial charge in [-0.3, -0.25) is 0 Å². The van der Waals surface area contributed by atoms with E-state index in [1.165, 1.54) is 32.1 Å². The molecule has 0 aromatic carbocycles. The fraction of sp³-hybridized carbons (Fsp3) is 0.941. The van der Waals surface area contributed by atoms with E-state index in [0.29, 0.717) is 11.8 Å². The Hall–Kier alpha value is -0.570. The SMILES string of the molecule is CC(C)CCCC[C@H]1CC[C@H]2[C@@H](O)CCCC12/C=N/O. The average molecular weight is 281 g/mol. The quantitative estimate of drug-likeness (QED) is 0.331. The van der Waals surface area contributed by atoms with Crippen LogP contribution in [0.1, 0.15) is 71.6 Å². The molecule has 3 heteroatoms. The lowest BCUT2D eigenvalue weighted by Gasteiger charge is -2.43. The van der Waals surface area contributed by atoms with Crippen molar-refractivity contribution in [3.63, 3.8) is 0 Å². The molecule has 2 saturated carbocycles. The fourth-order valence-electron chi connectivity index (χ4n) is 4.71. The van der Waals surface area contributed by atoms with E-state index in [-0.39, 0.29) is 11.5 Å². The lowest BCUT2D eigenvalue weighted by molar-refractivity contribution is 0.0104. The molecule has 2 rings (SSSR count). The number of rotatable bonds is 6. The summed E-state index contributed by atoms with van der Waals surface area (Å²) >= 11 is 0. The van der Waals surface area contributed by atoms with Crippen LogP contribution in [0.25, 0.3) is 0 Å². The predicted molar refractivity (Wildman–Crippen MR) is 82.1 cm³/mol. The molecule has 2 fully saturated rings. The summed E-state index contributed by atoms with van der Waals surface area (Å²) in [7, 11) is 0. The van der Waals surface area contributed by atoms with Crippen molar-refractivity contribution in [2.24, 2.45) is 28.3 Å². The van der Waals surface area contributed by atoms with Gasteiger partial charge in [-0.2, -0.15) is 0 Å². The molecule has 0 radical (unpaired) electrons. The van der Waals surface area contributed by atoms with Gasteiger partial charge in [-0.1, -0.05) is 33.1 Å². The molecular formula is C17H31NO2. The maximum atomic E-state index is 10.3. The van der Waals surface area contributed by atoms with Gasteiger partial charge in [-0.25, -0.2) is 0 Å². The maximum Gasteiger partial charge on any atom is 0.0577 e. The van der Waals surface area contributed by atoms with E-state index in [9.17, 15) is 5.11 Å². The number of oxime groups is 1. The van der Waals surface area contributed by atoms with Crippen LogP contribution in [0.4, 0.5) is 0 Å². The van der Waals surface area contributed by atoms with Crippen LogP contribution in [0.2, 0.25) is 0 Å². The van der Waals surface area contributed by atoms with Crippen LogP contribution in [-0.4, -0.2) is 22.6 Å². The number of hydrogen-bond acceptors (Lipinski definition) is 3. The Bertz CT molecular complexity index is 329. The van der Waals surface area contributed by atoms with Gasteiger partial charge in [0.2, 0.25) is 0 Å². The van der Waals surface area contributed by atoms with Crippen LogP contribution < -0.4 is 0 Å². The molecule has 116 valence electrons. The summed E-state index contributed by atoms with van der Waals surface area (Å²) in [6.45, 7) is 4.56. The number of fused-ring (bicyclic) bond motifs is 1. The van der Waals surface area contributed by atoms with E-state index in [2.05, 4.69) is 19.0 Å². The maximum absolute atomic E-state index is 10.3. The summed E-state index contributed by atoms with van der Waals surface area (Å²) in [6, 6.07) is 0. The Morgan fingerprint density at radius 1 is 1.25 bits per heavy atom. The van der Waals surface area contributed by atoms with Gasteiger partial charge in [0.25, 0.3) is 0 Å². The van der Waals surface area contributed by atoms with Gasteiger partial charge in [-0.15, -0.1) is 5.16 Å². The van der Waals surface area contributed by atoms with Crippen molar-refractivity contribution < 1.29 is 10.3 Å². The van der Waals surface area contributed by atoms with Crippen molar-refractivity contribution in [2.45, 2.75) is 77.7 Å². The third kappa shape index (κ3) is 3.19. The molecule has 0 spiro atoms. The van der Waals surface area contributed by atoms with Gasteiger partial charge in [-0.05, 0) is 56.3 Å². The molecular weight excluding hydrogens is 250 g/mol. The van der Waals surface area contributed by atoms with Crippen molar-refractivity contribution in [3.05, 3.63) is 0 Å². The highest BCUT2D eigenvalue weighted by Crippen LogP contribution is 2.56. The first-order chi connectivity index (χ1) is 9.60. The first-order valence-electron chi connectivity index (χ1n) is 8.47. The second-order valence-corrected chi connectivity index (χ2v) is 7.38. The van der Waals surface area contributed by atoms with Crippen LogP contribution >= 0.6 is 0 Å². The Kier molecular flexibility index (Phi) is 5.48. The minimum atomic E-state index is -0.192. The highest BCUT2D eigenvalue weighted by Gasteiger charge is 2.52. The smallest absolute Gasteiger partial charge is 0.0577 e. The largest absolute Gasteiger partial charge is 0.411 e. The molecule has 2 N–H and O–H groups in total. The average Bonchev–Trinajstić information content (AvgIpc) is 2.75. The minimum Gasteiger partial charge on any atom is -0.411 e. The molecule has 0 saturated heterocycles. The van der Waals surface area contributed by atoms with Gasteiger partial charge in [0, 0.05) is 5.41 Å². The standard InChI is InChI=1S/C17H31NO2/c1-13(2)6-3-4-7-14-9-10-15-16(19)8-5-11-17(14,15)12-18-20/h12-16,19-20H,3-11H2,1-2H3/b18-12+/t14-,15-,16-,17?/m0/s1. The minimum absolute atomic E-state index is 0.0236. The third-order valence-corrected chi connectivity index (χ3v) is 5.73. The Labute approximate surface area is 123 Å². The summed E-state index contributed by atoms with van der Waals surface area (Å²) in [4.78, 5) is 0. The van der Waals surface area contributed by atoms with Crippen LogP contribution in [0.15, 0.2) is 5.16 Å². The zero-order valence-electron chi connectivity index (χ0n) is 13.1. The Balaban J connectivity index is 1.97. The van der Waals surface area contributed by atoms with E-state index in [4.69, 9.17) is 5.21 Å². The summed E-state index contributed by atoms with van der Waals surface area (Å²) in [5, 5.41) is 22.8. The van der Waals surface area contributed by atoms with E-state index in [1.54, 1.807) is 6.21 Å². The lowest BCUT2D eigenvalue weighted by atomic mass is 9.63. The highest BCUT2D eigenvalue weighted by atomic mass is 16.4. The Morgan fingerprint density at radius 3 is 2.75 bits per heavy atom. The number of hydrogen-bond donors (Lipinski definition) is 2. The Morgan fingerprint density at radius 2 is 2.05 bits per heavy atom. The number of nitrogens with zero attached hydrogens (tertiary/aromatic N) is 1. The normalized spacial score (nSPS) is 37.7. The fourth-order valence-corrected chi connectivity index (χ4v) is 4.71. The van der Waals surface area contributed by atoms with E-state index in [0.717, 1.165) is 31.6 Å². The first-order valence-corrected chi connectivity index (χ1v) is 8.47. The summed E-state index contributed by atoms with van der Waals surface area (Å²) in [5.74, 6) is 1.71. The monoisotopic (exact) mass is 281 g/mol. The zero-order chi connectivity index (χ0) is 14.6. The van der Waals surface area contributed by atoms with Gasteiger partial charge >= 0.3 is 0 Å². The van der Waals surface area contributed by atoms with Gasteiger partial charge in [0.15, 0.2) is 0 Å². The predicted octanol–water partition coefficient (Wildman–Crippen LogP) is 4.22. The van der Waals surface area contributed by atoms with Crippen molar-refractivity contribution in [1.82, 2.24) is 0 Å². The topological polar surface area (TPSA) is 52.8 Å². The van der Waals surface area contributed by atoms with Crippen molar-refractivity contribution in [3.8, 4) is 0 Å². The van der Waals surface area contributed by atoms with Crippen LogP contribution in [-0.2, 0) is 0 Å². The van der Waals surface area contributed by atoms with E-state index >= 15 is 0 Å². The molecule has 1 unspecified atom stereocenters. The molecule has 3 nitrogen and oxygen atoms in total. The van der Waals surface area contributed by atoms with Gasteiger partial charge < -0.3 is 10.3 Å². The van der Waals surface area contributed by atoms with E-state index < -0.39 is 0 Å². The molecule has 2 aliphatic carbocycles. The summed E-state index contributed by atoms with van der Waals surface area (Å²) in [6.07, 6.45) is 12.0. The van der Waals surface area contributed by atoms with Crippen molar-refractivity contribution in [1.29, 1.82) is 0 Å². The van der Waals surface area contributed by atoms with Gasteiger partial charge in [0.05, 0.1) is 12.3 Å². The third-order valence-electron chi connectivity index (χ3n) is 5.73. The molecule has 0 aromatic heterocycles.